The molecular weight excluding hydrogens is 306 g/mol. The van der Waals surface area contributed by atoms with Gasteiger partial charge < -0.3 is 5.32 Å². The van der Waals surface area contributed by atoms with Crippen molar-refractivity contribution in [2.24, 2.45) is 0 Å². The molecule has 0 saturated heterocycles. The number of carbonyl (C=O) groups excluding carboxylic acids is 1. The van der Waals surface area contributed by atoms with Crippen LogP contribution in [0.15, 0.2) is 43.0 Å². The summed E-state index contributed by atoms with van der Waals surface area (Å²) in [5.74, 6) is 0.675. The lowest BCUT2D eigenvalue weighted by Crippen LogP contribution is -2.28. The van der Waals surface area contributed by atoms with Gasteiger partial charge in [0.2, 0.25) is 0 Å². The first-order valence-electron chi connectivity index (χ1n) is 7.78. The van der Waals surface area contributed by atoms with E-state index in [9.17, 15) is 4.79 Å². The zero-order valence-corrected chi connectivity index (χ0v) is 13.6. The molecule has 0 radical (unpaired) electrons. The number of hydrogen-bond acceptors (Lipinski definition) is 5. The van der Waals surface area contributed by atoms with Gasteiger partial charge in [-0.1, -0.05) is 25.1 Å². The van der Waals surface area contributed by atoms with Crippen molar-refractivity contribution in [1.29, 1.82) is 0 Å². The molecular formula is C16H19N7O. The molecule has 3 aromatic rings. The summed E-state index contributed by atoms with van der Waals surface area (Å²) in [6.45, 7) is 5.09. The van der Waals surface area contributed by atoms with Gasteiger partial charge in [-0.05, 0) is 18.1 Å². The Hall–Kier alpha value is -3.03. The first-order valence-corrected chi connectivity index (χ1v) is 7.78. The van der Waals surface area contributed by atoms with E-state index < -0.39 is 0 Å². The predicted octanol–water partition coefficient (Wildman–Crippen LogP) is 1.41. The van der Waals surface area contributed by atoms with E-state index in [1.165, 1.54) is 0 Å². The summed E-state index contributed by atoms with van der Waals surface area (Å²) in [6, 6.07) is 5.61. The summed E-state index contributed by atoms with van der Waals surface area (Å²) in [5.41, 5.74) is 1.40. The van der Waals surface area contributed by atoms with Crippen molar-refractivity contribution in [2.75, 3.05) is 6.54 Å². The van der Waals surface area contributed by atoms with E-state index in [2.05, 4.69) is 25.7 Å². The van der Waals surface area contributed by atoms with Gasteiger partial charge in [-0.2, -0.15) is 5.10 Å². The van der Waals surface area contributed by atoms with E-state index in [0.29, 0.717) is 24.5 Å². The van der Waals surface area contributed by atoms with Crippen LogP contribution in [-0.4, -0.2) is 42.2 Å². The molecule has 1 amide bonds. The Morgan fingerprint density at radius 2 is 2.17 bits per heavy atom. The minimum atomic E-state index is -0.152. The highest BCUT2D eigenvalue weighted by Gasteiger charge is 2.21. The second kappa shape index (κ2) is 7.03. The van der Waals surface area contributed by atoms with Crippen molar-refractivity contribution in [3.63, 3.8) is 0 Å². The maximum Gasteiger partial charge on any atom is 0.254 e. The summed E-state index contributed by atoms with van der Waals surface area (Å²) in [4.78, 5) is 16.8. The van der Waals surface area contributed by atoms with Crippen molar-refractivity contribution in [2.45, 2.75) is 26.3 Å². The molecule has 0 saturated carbocycles. The fourth-order valence-electron chi connectivity index (χ4n) is 2.48. The Labute approximate surface area is 139 Å². The Morgan fingerprint density at radius 1 is 1.29 bits per heavy atom. The van der Waals surface area contributed by atoms with Crippen LogP contribution in [0.5, 0.6) is 0 Å². The van der Waals surface area contributed by atoms with Gasteiger partial charge in [0, 0.05) is 18.9 Å². The van der Waals surface area contributed by atoms with Gasteiger partial charge in [-0.25, -0.2) is 9.67 Å². The number of carbonyl (C=O) groups is 1. The number of rotatable bonds is 6. The van der Waals surface area contributed by atoms with Crippen LogP contribution in [0.4, 0.5) is 0 Å². The van der Waals surface area contributed by atoms with Gasteiger partial charge in [-0.15, -0.1) is 5.10 Å². The lowest BCUT2D eigenvalue weighted by atomic mass is 10.1. The molecule has 0 aliphatic carbocycles. The zero-order chi connectivity index (χ0) is 16.9. The van der Waals surface area contributed by atoms with Gasteiger partial charge in [0.15, 0.2) is 5.82 Å². The van der Waals surface area contributed by atoms with Crippen LogP contribution in [0.3, 0.4) is 0 Å². The van der Waals surface area contributed by atoms with E-state index in [1.807, 2.05) is 32.0 Å². The molecule has 0 fully saturated rings. The number of nitrogens with one attached hydrogen (secondary N) is 1. The SMILES string of the molecule is CC(C)c1c(C(=O)NCCn2ccnn2)cnn1-c1ccccn1. The van der Waals surface area contributed by atoms with E-state index in [1.54, 1.807) is 34.2 Å². The summed E-state index contributed by atoms with van der Waals surface area (Å²) in [7, 11) is 0. The molecule has 0 aliphatic rings. The molecule has 3 rings (SSSR count). The second-order valence-electron chi connectivity index (χ2n) is 5.62. The predicted molar refractivity (Wildman–Crippen MR) is 87.8 cm³/mol. The molecule has 3 aromatic heterocycles. The highest BCUT2D eigenvalue weighted by atomic mass is 16.1. The number of aromatic nitrogens is 6. The van der Waals surface area contributed by atoms with Crippen molar-refractivity contribution < 1.29 is 4.79 Å². The third kappa shape index (κ3) is 3.32. The number of amides is 1. The summed E-state index contributed by atoms with van der Waals surface area (Å²) < 4.78 is 3.39. The lowest BCUT2D eigenvalue weighted by molar-refractivity contribution is 0.0950. The van der Waals surface area contributed by atoms with Crippen LogP contribution < -0.4 is 5.32 Å². The van der Waals surface area contributed by atoms with E-state index in [4.69, 9.17) is 0 Å². The number of nitrogens with zero attached hydrogens (tertiary/aromatic N) is 6. The minimum absolute atomic E-state index is 0.130. The first kappa shape index (κ1) is 15.9. The van der Waals surface area contributed by atoms with E-state index >= 15 is 0 Å². The standard InChI is InChI=1S/C16H19N7O/c1-12(2)15-13(11-20-23(15)14-5-3-4-6-17-14)16(24)18-7-9-22-10-8-19-21-22/h3-6,8,10-12H,7,9H2,1-2H3,(H,18,24). The van der Waals surface area contributed by atoms with Crippen molar-refractivity contribution in [1.82, 2.24) is 35.1 Å². The molecule has 3 heterocycles. The van der Waals surface area contributed by atoms with Gasteiger partial charge >= 0.3 is 0 Å². The van der Waals surface area contributed by atoms with Gasteiger partial charge in [0.25, 0.3) is 5.91 Å². The summed E-state index contributed by atoms with van der Waals surface area (Å²) >= 11 is 0. The fraction of sp³-hybridized carbons (Fsp3) is 0.312. The molecule has 124 valence electrons. The minimum Gasteiger partial charge on any atom is -0.350 e. The van der Waals surface area contributed by atoms with Gasteiger partial charge in [0.05, 0.1) is 30.2 Å². The van der Waals surface area contributed by atoms with Crippen LogP contribution in [0.1, 0.15) is 35.8 Å². The smallest absolute Gasteiger partial charge is 0.254 e. The zero-order valence-electron chi connectivity index (χ0n) is 13.6. The van der Waals surface area contributed by atoms with Gasteiger partial charge in [0.1, 0.15) is 0 Å². The number of hydrogen-bond donors (Lipinski definition) is 1. The first-order chi connectivity index (χ1) is 11.7. The molecule has 8 nitrogen and oxygen atoms in total. The third-order valence-corrected chi connectivity index (χ3v) is 3.56. The normalized spacial score (nSPS) is 11.0. The van der Waals surface area contributed by atoms with Crippen LogP contribution >= 0.6 is 0 Å². The van der Waals surface area contributed by atoms with Crippen LogP contribution in [-0.2, 0) is 6.54 Å². The third-order valence-electron chi connectivity index (χ3n) is 3.56. The lowest BCUT2D eigenvalue weighted by Gasteiger charge is -2.12. The highest BCUT2D eigenvalue weighted by molar-refractivity contribution is 5.95. The second-order valence-corrected chi connectivity index (χ2v) is 5.62. The van der Waals surface area contributed by atoms with Crippen molar-refractivity contribution in [3.05, 3.63) is 54.2 Å². The molecule has 8 heteroatoms. The molecule has 0 unspecified atom stereocenters. The summed E-state index contributed by atoms with van der Waals surface area (Å²) in [5, 5.41) is 14.8. The molecule has 0 aromatic carbocycles. The Balaban J connectivity index is 1.77. The Kier molecular flexibility index (Phi) is 4.64. The average molecular weight is 325 g/mol. The quantitative estimate of drug-likeness (QED) is 0.740. The maximum absolute atomic E-state index is 12.5. The maximum atomic E-state index is 12.5. The van der Waals surface area contributed by atoms with Gasteiger partial charge in [-0.3, -0.25) is 9.48 Å². The average Bonchev–Trinajstić information content (AvgIpc) is 3.25. The van der Waals surface area contributed by atoms with Crippen LogP contribution in [0, 0.1) is 0 Å². The molecule has 24 heavy (non-hydrogen) atoms. The van der Waals surface area contributed by atoms with Crippen molar-refractivity contribution in [3.8, 4) is 5.82 Å². The van der Waals surface area contributed by atoms with Crippen LogP contribution in [0.25, 0.3) is 5.82 Å². The Morgan fingerprint density at radius 3 is 2.83 bits per heavy atom. The molecule has 0 atom stereocenters. The highest BCUT2D eigenvalue weighted by Crippen LogP contribution is 2.22. The molecule has 0 bridgehead atoms. The molecule has 0 spiro atoms. The monoisotopic (exact) mass is 325 g/mol. The van der Waals surface area contributed by atoms with Crippen LogP contribution in [0.2, 0.25) is 0 Å². The van der Waals surface area contributed by atoms with E-state index in [-0.39, 0.29) is 11.8 Å². The molecule has 0 aliphatic heterocycles. The number of pyridine rings is 1. The largest absolute Gasteiger partial charge is 0.350 e. The van der Waals surface area contributed by atoms with Crippen molar-refractivity contribution >= 4 is 5.91 Å². The topological polar surface area (TPSA) is 90.5 Å². The fourth-order valence-corrected chi connectivity index (χ4v) is 2.48. The molecule has 1 N–H and O–H groups in total. The summed E-state index contributed by atoms with van der Waals surface area (Å²) in [6.07, 6.45) is 6.66. The van der Waals surface area contributed by atoms with E-state index in [0.717, 1.165) is 5.69 Å². The Bertz CT molecular complexity index is 793.